The van der Waals surface area contributed by atoms with E-state index in [1.165, 1.54) is 19.3 Å². The van der Waals surface area contributed by atoms with Crippen LogP contribution in [0.15, 0.2) is 48.5 Å². The van der Waals surface area contributed by atoms with Gasteiger partial charge in [-0.25, -0.2) is 0 Å². The summed E-state index contributed by atoms with van der Waals surface area (Å²) in [5, 5.41) is 21.2. The Balaban J connectivity index is 1.33. The molecule has 8 nitrogen and oxygen atoms in total. The number of anilines is 1. The van der Waals surface area contributed by atoms with E-state index < -0.39 is 12.3 Å². The molecule has 1 amide bonds. The van der Waals surface area contributed by atoms with Crippen molar-refractivity contribution in [3.63, 3.8) is 0 Å². The highest BCUT2D eigenvalue weighted by Gasteiger charge is 2.51. The van der Waals surface area contributed by atoms with Crippen molar-refractivity contribution < 1.29 is 29.3 Å². The zero-order valence-corrected chi connectivity index (χ0v) is 25.3. The van der Waals surface area contributed by atoms with Crippen LogP contribution in [0.4, 0.5) is 5.69 Å². The lowest BCUT2D eigenvalue weighted by Gasteiger charge is -2.43. The molecule has 2 aromatic rings. The molecule has 0 spiro atoms. The van der Waals surface area contributed by atoms with Crippen molar-refractivity contribution in [2.45, 2.75) is 97.4 Å². The molecule has 5 rings (SSSR count). The van der Waals surface area contributed by atoms with Crippen LogP contribution in [0.3, 0.4) is 0 Å². The van der Waals surface area contributed by atoms with Crippen LogP contribution in [-0.4, -0.2) is 52.2 Å². The Morgan fingerprint density at radius 1 is 0.976 bits per heavy atom. The molecule has 42 heavy (non-hydrogen) atoms. The Morgan fingerprint density at radius 3 is 2.33 bits per heavy atom. The van der Waals surface area contributed by atoms with Gasteiger partial charge in [0.1, 0.15) is 0 Å². The third-order valence-electron chi connectivity index (χ3n) is 9.32. The Hall–Kier alpha value is -2.78. The second kappa shape index (κ2) is 12.4. The molecule has 2 unspecified atom stereocenters. The lowest BCUT2D eigenvalue weighted by atomic mass is 9.65. The number of nitrogens with one attached hydrogen (secondary N) is 1. The first-order valence-electron chi connectivity index (χ1n) is 15.3. The fourth-order valence-electron chi connectivity index (χ4n) is 7.70. The summed E-state index contributed by atoms with van der Waals surface area (Å²) in [6, 6.07) is 16.1. The number of carbonyl (C=O) groups excluding carboxylic acids is 1. The summed E-state index contributed by atoms with van der Waals surface area (Å²) in [6.45, 7) is 11.4. The maximum atomic E-state index is 12.2. The number of hydrogen-bond acceptors (Lipinski definition) is 6. The molecule has 2 aromatic carbocycles. The topological polar surface area (TPSA) is 108 Å². The number of ether oxygens (including phenoxy) is 2. The zero-order valence-electron chi connectivity index (χ0n) is 25.3. The van der Waals surface area contributed by atoms with Gasteiger partial charge in [0, 0.05) is 49.1 Å². The first-order chi connectivity index (χ1) is 19.9. The van der Waals surface area contributed by atoms with E-state index in [1.807, 2.05) is 48.5 Å². The Kier molecular flexibility index (Phi) is 9.09. The number of fused-ring (bicyclic) bond motifs is 2. The van der Waals surface area contributed by atoms with Crippen LogP contribution in [0.1, 0.15) is 95.3 Å². The number of carboxylic acids is 1. The number of likely N-dealkylation sites (tertiary alicyclic amines) is 1. The predicted octanol–water partition coefficient (Wildman–Crippen LogP) is 6.06. The normalized spacial score (nSPS) is 30.6. The van der Waals surface area contributed by atoms with Crippen molar-refractivity contribution in [1.82, 2.24) is 4.90 Å². The lowest BCUT2D eigenvalue weighted by molar-refractivity contribution is -0.276. The Labute approximate surface area is 249 Å². The van der Waals surface area contributed by atoms with Crippen LogP contribution in [0.2, 0.25) is 0 Å². The number of aliphatic hydroxyl groups is 1. The number of aliphatic hydroxyl groups excluding tert-OH is 1. The van der Waals surface area contributed by atoms with E-state index >= 15 is 0 Å². The number of amides is 1. The number of aliphatic carboxylic acids is 1. The second-order valence-electron chi connectivity index (χ2n) is 13.9. The third-order valence-corrected chi connectivity index (χ3v) is 9.32. The third kappa shape index (κ3) is 7.22. The monoisotopic (exact) mass is 578 g/mol. The van der Waals surface area contributed by atoms with Gasteiger partial charge in [0.15, 0.2) is 6.29 Å². The zero-order chi connectivity index (χ0) is 30.1. The van der Waals surface area contributed by atoms with Gasteiger partial charge in [0.25, 0.3) is 0 Å². The predicted molar refractivity (Wildman–Crippen MR) is 161 cm³/mol. The highest BCUT2D eigenvalue weighted by Crippen LogP contribution is 2.53. The van der Waals surface area contributed by atoms with Crippen LogP contribution in [0, 0.1) is 16.7 Å². The summed E-state index contributed by atoms with van der Waals surface area (Å²) < 4.78 is 13.4. The first-order valence-corrected chi connectivity index (χ1v) is 15.3. The smallest absolute Gasteiger partial charge is 0.303 e. The minimum atomic E-state index is -0.902. The van der Waals surface area contributed by atoms with E-state index in [9.17, 15) is 14.7 Å². The fourth-order valence-corrected chi connectivity index (χ4v) is 7.70. The average molecular weight is 579 g/mol. The van der Waals surface area contributed by atoms with Gasteiger partial charge >= 0.3 is 5.97 Å². The van der Waals surface area contributed by atoms with Crippen molar-refractivity contribution in [3.8, 4) is 0 Å². The van der Waals surface area contributed by atoms with Crippen LogP contribution in [-0.2, 0) is 25.7 Å². The van der Waals surface area contributed by atoms with Crippen molar-refractivity contribution >= 4 is 17.6 Å². The highest BCUT2D eigenvalue weighted by molar-refractivity contribution is 5.90. The Morgan fingerprint density at radius 2 is 1.67 bits per heavy atom. The molecule has 1 aliphatic carbocycles. The minimum absolute atomic E-state index is 0.00360. The SMILES string of the molecule is C[C@@H]1[C@H](CN2CC3(C)CC2CC(C)(C)C3)O[C@H](c2ccc(NC(=O)CCCC(=O)O)cc2)O[C@@H]1c1ccc(CO)cc1. The molecule has 8 heteroatoms. The molecule has 3 aliphatic rings. The van der Waals surface area contributed by atoms with E-state index in [1.54, 1.807) is 0 Å². The number of benzene rings is 2. The standard InChI is InChI=1S/C34H46N2O6/c1-22-28(18-36-21-34(4)17-27(36)16-33(2,3)20-34)41-32(42-31(22)24-10-8-23(19-37)9-11-24)25-12-14-26(15-13-25)35-29(38)6-5-7-30(39)40/h8-15,22,27-28,31-32,37H,5-7,16-21H2,1-4H3,(H,35,38)(H,39,40)/t22-,27?,28+,31+,32+,34?/m1/s1. The molecule has 0 radical (unpaired) electrons. The molecular formula is C34H46N2O6. The largest absolute Gasteiger partial charge is 0.481 e. The number of carbonyl (C=O) groups is 2. The molecule has 1 saturated carbocycles. The quantitative estimate of drug-likeness (QED) is 0.314. The molecule has 0 aromatic heterocycles. The molecule has 3 N–H and O–H groups in total. The van der Waals surface area contributed by atoms with Crippen LogP contribution < -0.4 is 5.32 Å². The number of carboxylic acid groups (broad SMARTS) is 1. The molecule has 3 fully saturated rings. The number of rotatable bonds is 10. The van der Waals surface area contributed by atoms with Crippen molar-refractivity contribution in [2.24, 2.45) is 16.7 Å². The molecule has 228 valence electrons. The molecule has 2 aliphatic heterocycles. The molecule has 2 saturated heterocycles. The van der Waals surface area contributed by atoms with Crippen molar-refractivity contribution in [2.75, 3.05) is 18.4 Å². The summed E-state index contributed by atoms with van der Waals surface area (Å²) in [6.07, 6.45) is 3.36. The van der Waals surface area contributed by atoms with E-state index in [-0.39, 0.29) is 43.5 Å². The molecule has 2 heterocycles. The summed E-state index contributed by atoms with van der Waals surface area (Å²) in [5.74, 6) is -0.991. The van der Waals surface area contributed by atoms with Gasteiger partial charge < -0.3 is 25.0 Å². The van der Waals surface area contributed by atoms with Crippen LogP contribution >= 0.6 is 0 Å². The summed E-state index contributed by atoms with van der Waals surface area (Å²) >= 11 is 0. The van der Waals surface area contributed by atoms with Gasteiger partial charge in [0.2, 0.25) is 5.91 Å². The lowest BCUT2D eigenvalue weighted by Crippen LogP contribution is -2.46. The van der Waals surface area contributed by atoms with E-state index in [0.29, 0.717) is 29.0 Å². The first kappa shape index (κ1) is 30.7. The van der Waals surface area contributed by atoms with Gasteiger partial charge in [-0.05, 0) is 59.8 Å². The van der Waals surface area contributed by atoms with E-state index in [4.69, 9.17) is 14.6 Å². The van der Waals surface area contributed by atoms with Crippen molar-refractivity contribution in [3.05, 3.63) is 65.2 Å². The van der Waals surface area contributed by atoms with Gasteiger partial charge in [-0.3, -0.25) is 14.5 Å². The summed E-state index contributed by atoms with van der Waals surface area (Å²) in [4.78, 5) is 25.6. The van der Waals surface area contributed by atoms with Crippen LogP contribution in [0.25, 0.3) is 0 Å². The summed E-state index contributed by atoms with van der Waals surface area (Å²) in [5.41, 5.74) is 4.15. The van der Waals surface area contributed by atoms with Crippen molar-refractivity contribution in [1.29, 1.82) is 0 Å². The number of hydrogen-bond donors (Lipinski definition) is 3. The van der Waals surface area contributed by atoms with Gasteiger partial charge in [0.05, 0.1) is 18.8 Å². The van der Waals surface area contributed by atoms with E-state index in [2.05, 4.69) is 37.9 Å². The van der Waals surface area contributed by atoms with E-state index in [0.717, 1.165) is 29.8 Å². The Bertz CT molecular complexity index is 1250. The second-order valence-corrected chi connectivity index (χ2v) is 13.9. The maximum absolute atomic E-state index is 12.2. The van der Waals surface area contributed by atoms with Gasteiger partial charge in [-0.2, -0.15) is 0 Å². The maximum Gasteiger partial charge on any atom is 0.303 e. The van der Waals surface area contributed by atoms with Gasteiger partial charge in [-0.15, -0.1) is 0 Å². The summed E-state index contributed by atoms with van der Waals surface area (Å²) in [7, 11) is 0. The van der Waals surface area contributed by atoms with Crippen LogP contribution in [0.5, 0.6) is 0 Å². The molecule has 2 bridgehead atoms. The molecule has 6 atom stereocenters. The number of nitrogens with zero attached hydrogens (tertiary/aromatic N) is 1. The average Bonchev–Trinajstić information content (AvgIpc) is 3.17. The fraction of sp³-hybridized carbons (Fsp3) is 0.588. The van der Waals surface area contributed by atoms with Gasteiger partial charge in [-0.1, -0.05) is 64.1 Å². The molecular weight excluding hydrogens is 532 g/mol. The minimum Gasteiger partial charge on any atom is -0.481 e. The highest BCUT2D eigenvalue weighted by atomic mass is 16.7.